The second-order valence-electron chi connectivity index (χ2n) is 6.46. The second kappa shape index (κ2) is 5.52. The van der Waals surface area contributed by atoms with Gasteiger partial charge in [-0.15, -0.1) is 0 Å². The molecule has 1 heterocycles. The summed E-state index contributed by atoms with van der Waals surface area (Å²) in [5.74, 6) is 0.653. The van der Waals surface area contributed by atoms with Crippen molar-refractivity contribution in [1.82, 2.24) is 0 Å². The molecule has 1 aliphatic rings. The molecule has 2 aromatic carbocycles. The van der Waals surface area contributed by atoms with Crippen LogP contribution in [0, 0.1) is 49.1 Å². The molecule has 0 aliphatic carbocycles. The van der Waals surface area contributed by atoms with Gasteiger partial charge in [0.1, 0.15) is 0 Å². The van der Waals surface area contributed by atoms with E-state index in [1.54, 1.807) is 0 Å². The molecule has 0 amide bonds. The third-order valence-electron chi connectivity index (χ3n) is 4.34. The summed E-state index contributed by atoms with van der Waals surface area (Å²) in [5.41, 5.74) is 2.89. The Balaban J connectivity index is 2.21. The Labute approximate surface area is 151 Å². The van der Waals surface area contributed by atoms with Crippen molar-refractivity contribution in [2.75, 3.05) is 5.33 Å². The van der Waals surface area contributed by atoms with Crippen LogP contribution >= 0.6 is 0 Å². The maximum atomic E-state index is 2.67. The maximum absolute atomic E-state index is 2.67. The van der Waals surface area contributed by atoms with Crippen molar-refractivity contribution in [3.63, 3.8) is 0 Å². The normalized spacial score (nSPS) is 18.4. The monoisotopic (exact) mass is 480 g/mol. The summed E-state index contributed by atoms with van der Waals surface area (Å²) in [5, 5.41) is 2.72. The zero-order valence-electron chi connectivity index (χ0n) is 13.1. The molecule has 3 rings (SSSR count). The van der Waals surface area contributed by atoms with Crippen LogP contribution in [0.2, 0.25) is 0 Å². The topological polar surface area (TPSA) is 6.48 Å². The van der Waals surface area contributed by atoms with E-state index in [0.29, 0.717) is 61.3 Å². The molecule has 1 unspecified atom stereocenters. The van der Waals surface area contributed by atoms with Gasteiger partial charge < -0.3 is 0 Å². The molecule has 3 heteroatoms. The van der Waals surface area contributed by atoms with E-state index >= 15 is 0 Å². The van der Waals surface area contributed by atoms with Gasteiger partial charge in [0.25, 0.3) is 0 Å². The van der Waals surface area contributed by atoms with Gasteiger partial charge in [0.05, 0.1) is 0 Å². The third kappa shape index (κ3) is 2.28. The van der Waals surface area contributed by atoms with E-state index in [1.807, 2.05) is 0 Å². The molecular formula is C17H22N2Ra. The number of fused-ring (bicyclic) bond motifs is 2. The van der Waals surface area contributed by atoms with Crippen LogP contribution in [0.4, 0.5) is 11.4 Å². The molecule has 0 N–H and O–H groups in total. The van der Waals surface area contributed by atoms with Gasteiger partial charge in [-0.2, -0.15) is 0 Å². The Kier molecular flexibility index (Phi) is 4.05. The number of hydrogen-bond acceptors (Lipinski definition) is 2. The van der Waals surface area contributed by atoms with E-state index in [2.05, 4.69) is 69.4 Å². The standard InChI is InChI=1S/C17H21N2.Ra.H/c1-11(2)17-18-15-9-13-7-5-6-8-14(13)10-16(15)19(17)12(3)4;;/h5-12,17H,1-4H3;;/q-1;+1;. The first kappa shape index (κ1) is 14.7. The van der Waals surface area contributed by atoms with Gasteiger partial charge in [0.2, 0.25) is 0 Å². The average Bonchev–Trinajstić information content (AvgIpc) is 2.69. The summed E-state index contributed by atoms with van der Waals surface area (Å²) < 4.78 is 2.67. The molecule has 2 nitrogen and oxygen atoms in total. The first-order chi connectivity index (χ1) is 9.50. The fourth-order valence-electron chi connectivity index (χ4n) is 3.53. The van der Waals surface area contributed by atoms with E-state index in [9.17, 15) is 0 Å². The Morgan fingerprint density at radius 3 is 2.00 bits per heavy atom. The van der Waals surface area contributed by atoms with Crippen LogP contribution in [0.5, 0.6) is 0 Å². The zero-order valence-corrected chi connectivity index (χ0v) is 21.3. The number of nitrogens with zero attached hydrogens (tertiary/aromatic N) is 2. The van der Waals surface area contributed by atoms with Gasteiger partial charge in [0, 0.05) is 0 Å². The van der Waals surface area contributed by atoms with Crippen LogP contribution in [0.15, 0.2) is 36.4 Å². The number of hydrogen-bond donors (Lipinski definition) is 0. The molecule has 20 heavy (non-hydrogen) atoms. The number of anilines is 2. The summed E-state index contributed by atoms with van der Waals surface area (Å²) in [4.78, 5) is 2.62. The summed E-state index contributed by atoms with van der Waals surface area (Å²) >= 11 is 0.304. The van der Waals surface area contributed by atoms with E-state index in [-0.39, 0.29) is 0 Å². The minimum absolute atomic E-state index is 0.304. The van der Waals surface area contributed by atoms with Crippen molar-refractivity contribution < 1.29 is 43.2 Å². The molecule has 0 saturated heterocycles. The Morgan fingerprint density at radius 1 is 0.950 bits per heavy atom. The molecule has 0 saturated carbocycles. The van der Waals surface area contributed by atoms with Gasteiger partial charge in [-0.25, -0.2) is 0 Å². The molecular weight excluding hydrogens is 458 g/mol. The molecule has 0 spiro atoms. The van der Waals surface area contributed by atoms with E-state index < -0.39 is 0 Å². The first-order valence-electron chi connectivity index (χ1n) is 7.54. The molecule has 2 aromatic rings. The molecule has 0 aromatic heterocycles. The number of benzene rings is 2. The minimum atomic E-state index is 0.304. The van der Waals surface area contributed by atoms with Crippen molar-refractivity contribution in [2.24, 2.45) is 5.92 Å². The zero-order chi connectivity index (χ0) is 14.4. The van der Waals surface area contributed by atoms with Crippen molar-refractivity contribution in [2.45, 2.75) is 39.9 Å². The third-order valence-corrected chi connectivity index (χ3v) is 8.49. The van der Waals surface area contributed by atoms with Crippen LogP contribution in [-0.4, -0.2) is 12.2 Å². The fourth-order valence-corrected chi connectivity index (χ4v) is 8.47. The Morgan fingerprint density at radius 2 is 1.50 bits per heavy atom. The van der Waals surface area contributed by atoms with Crippen LogP contribution in [0.1, 0.15) is 27.7 Å². The SMILES string of the molecule is CC(C)C1[N]([RaH])c2cc3ccccc3cc2N1C(C)C. The van der Waals surface area contributed by atoms with Crippen molar-refractivity contribution in [3.8, 4) is 0 Å². The van der Waals surface area contributed by atoms with Gasteiger partial charge in [-0.3, -0.25) is 0 Å². The molecule has 0 radical (unpaired) electrons. The molecule has 0 bridgehead atoms. The van der Waals surface area contributed by atoms with Crippen LogP contribution < -0.4 is 5.33 Å². The predicted molar refractivity (Wildman–Crippen MR) is 84.1 cm³/mol. The summed E-state index contributed by atoms with van der Waals surface area (Å²) in [6.45, 7) is 9.31. The second-order valence-corrected chi connectivity index (χ2v) is 10.4. The molecule has 1 aliphatic heterocycles. The summed E-state index contributed by atoms with van der Waals surface area (Å²) in [6.07, 6.45) is 0.548. The van der Waals surface area contributed by atoms with E-state index in [0.717, 1.165) is 0 Å². The average molecular weight is 480 g/mol. The quantitative estimate of drug-likeness (QED) is 0.640. The van der Waals surface area contributed by atoms with Gasteiger partial charge in [-0.05, 0) is 0 Å². The van der Waals surface area contributed by atoms with Gasteiger partial charge >= 0.3 is 153 Å². The number of rotatable bonds is 2. The van der Waals surface area contributed by atoms with Crippen molar-refractivity contribution >= 4 is 22.1 Å². The van der Waals surface area contributed by atoms with Crippen molar-refractivity contribution in [3.05, 3.63) is 36.4 Å². The Bertz CT molecular complexity index is 636. The van der Waals surface area contributed by atoms with Crippen LogP contribution in [0.25, 0.3) is 10.8 Å². The van der Waals surface area contributed by atoms with E-state index in [1.165, 1.54) is 22.1 Å². The van der Waals surface area contributed by atoms with E-state index in [4.69, 9.17) is 0 Å². The fraction of sp³-hybridized carbons (Fsp3) is 0.412. The summed E-state index contributed by atoms with van der Waals surface area (Å²) in [6, 6.07) is 14.0. The van der Waals surface area contributed by atoms with Gasteiger partial charge in [0.15, 0.2) is 0 Å². The molecule has 102 valence electrons. The predicted octanol–water partition coefficient (Wildman–Crippen LogP) is 4.05. The summed E-state index contributed by atoms with van der Waals surface area (Å²) in [7, 11) is 0. The first-order valence-corrected chi connectivity index (χ1v) is 11.2. The van der Waals surface area contributed by atoms with Gasteiger partial charge in [-0.1, -0.05) is 0 Å². The van der Waals surface area contributed by atoms with Crippen LogP contribution in [0.3, 0.4) is 0 Å². The molecule has 0 fully saturated rings. The van der Waals surface area contributed by atoms with Crippen LogP contribution in [-0.2, 0) is 0 Å². The molecule has 1 atom stereocenters. The van der Waals surface area contributed by atoms with Crippen molar-refractivity contribution in [1.29, 1.82) is 0 Å². The Hall–Kier alpha value is -0.232.